The summed E-state index contributed by atoms with van der Waals surface area (Å²) in [7, 11) is 0. The SMILES string of the molecule is Nc1c(F)cccc1N1CCCSCC1. The summed E-state index contributed by atoms with van der Waals surface area (Å²) in [6, 6.07) is 5.03. The number of hydrogen-bond donors (Lipinski definition) is 1. The van der Waals surface area contributed by atoms with Gasteiger partial charge in [-0.1, -0.05) is 6.07 Å². The van der Waals surface area contributed by atoms with Crippen LogP contribution in [0, 0.1) is 5.82 Å². The Morgan fingerprint density at radius 3 is 3.00 bits per heavy atom. The Kier molecular flexibility index (Phi) is 3.36. The molecule has 82 valence electrons. The zero-order valence-corrected chi connectivity index (χ0v) is 9.39. The normalized spacial score (nSPS) is 17.5. The fourth-order valence-corrected chi connectivity index (χ4v) is 2.68. The Morgan fingerprint density at radius 1 is 1.27 bits per heavy atom. The minimum atomic E-state index is -0.315. The molecule has 0 aliphatic carbocycles. The number of para-hydroxylation sites is 1. The maximum atomic E-state index is 13.3. The van der Waals surface area contributed by atoms with E-state index in [1.165, 1.54) is 11.8 Å². The summed E-state index contributed by atoms with van der Waals surface area (Å²) in [5.41, 5.74) is 6.87. The summed E-state index contributed by atoms with van der Waals surface area (Å²) < 4.78 is 13.3. The summed E-state index contributed by atoms with van der Waals surface area (Å²) in [5.74, 6) is 1.96. The second kappa shape index (κ2) is 4.75. The van der Waals surface area contributed by atoms with E-state index in [9.17, 15) is 4.39 Å². The highest BCUT2D eigenvalue weighted by Gasteiger charge is 2.14. The molecule has 1 aliphatic rings. The van der Waals surface area contributed by atoms with Gasteiger partial charge in [-0.05, 0) is 24.3 Å². The highest BCUT2D eigenvalue weighted by molar-refractivity contribution is 7.99. The molecule has 0 unspecified atom stereocenters. The number of benzene rings is 1. The van der Waals surface area contributed by atoms with Gasteiger partial charge >= 0.3 is 0 Å². The van der Waals surface area contributed by atoms with Gasteiger partial charge in [-0.2, -0.15) is 11.8 Å². The highest BCUT2D eigenvalue weighted by atomic mass is 32.2. The lowest BCUT2D eigenvalue weighted by molar-refractivity contribution is 0.631. The van der Waals surface area contributed by atoms with Crippen LogP contribution in [0.15, 0.2) is 18.2 Å². The lowest BCUT2D eigenvalue weighted by Gasteiger charge is -2.23. The van der Waals surface area contributed by atoms with E-state index in [0.717, 1.165) is 31.0 Å². The topological polar surface area (TPSA) is 29.3 Å². The van der Waals surface area contributed by atoms with E-state index >= 15 is 0 Å². The molecule has 0 atom stereocenters. The van der Waals surface area contributed by atoms with Crippen molar-refractivity contribution in [1.82, 2.24) is 0 Å². The third kappa shape index (κ3) is 2.37. The quantitative estimate of drug-likeness (QED) is 0.745. The zero-order chi connectivity index (χ0) is 10.7. The van der Waals surface area contributed by atoms with Crippen molar-refractivity contribution in [2.24, 2.45) is 0 Å². The lowest BCUT2D eigenvalue weighted by atomic mass is 10.2. The van der Waals surface area contributed by atoms with Crippen LogP contribution in [-0.4, -0.2) is 24.6 Å². The second-order valence-electron chi connectivity index (χ2n) is 3.63. The molecular formula is C11H15FN2S. The van der Waals surface area contributed by atoms with Gasteiger partial charge < -0.3 is 10.6 Å². The van der Waals surface area contributed by atoms with E-state index < -0.39 is 0 Å². The van der Waals surface area contributed by atoms with Crippen LogP contribution in [-0.2, 0) is 0 Å². The molecule has 2 N–H and O–H groups in total. The van der Waals surface area contributed by atoms with Gasteiger partial charge in [-0.15, -0.1) is 0 Å². The number of nitrogens with zero attached hydrogens (tertiary/aromatic N) is 1. The van der Waals surface area contributed by atoms with E-state index in [-0.39, 0.29) is 11.5 Å². The standard InChI is InChI=1S/C11H15FN2S/c12-9-3-1-4-10(11(9)13)14-5-2-7-15-8-6-14/h1,3-4H,2,5-8,13H2. The molecule has 1 saturated heterocycles. The molecule has 0 radical (unpaired) electrons. The summed E-state index contributed by atoms with van der Waals surface area (Å²) in [6.07, 6.45) is 1.14. The minimum absolute atomic E-state index is 0.282. The van der Waals surface area contributed by atoms with Crippen LogP contribution < -0.4 is 10.6 Å². The number of hydrogen-bond acceptors (Lipinski definition) is 3. The molecule has 15 heavy (non-hydrogen) atoms. The third-order valence-corrected chi connectivity index (χ3v) is 3.64. The smallest absolute Gasteiger partial charge is 0.148 e. The fraction of sp³-hybridized carbons (Fsp3) is 0.455. The van der Waals surface area contributed by atoms with Crippen molar-refractivity contribution in [3.8, 4) is 0 Å². The van der Waals surface area contributed by atoms with E-state index in [0.29, 0.717) is 0 Å². The van der Waals surface area contributed by atoms with E-state index in [2.05, 4.69) is 4.90 Å². The molecule has 0 saturated carbocycles. The lowest BCUT2D eigenvalue weighted by Crippen LogP contribution is -2.26. The first kappa shape index (κ1) is 10.6. The van der Waals surface area contributed by atoms with Crippen LogP contribution in [0.5, 0.6) is 0 Å². The van der Waals surface area contributed by atoms with E-state index in [1.807, 2.05) is 17.8 Å². The summed E-state index contributed by atoms with van der Waals surface area (Å²) in [4.78, 5) is 2.18. The van der Waals surface area contributed by atoms with Gasteiger partial charge in [0.05, 0.1) is 11.4 Å². The molecule has 4 heteroatoms. The van der Waals surface area contributed by atoms with E-state index in [4.69, 9.17) is 5.73 Å². The Bertz CT molecular complexity index is 335. The second-order valence-corrected chi connectivity index (χ2v) is 4.85. The molecule has 0 bridgehead atoms. The molecule has 2 nitrogen and oxygen atoms in total. The molecule has 1 aromatic carbocycles. The average Bonchev–Trinajstić information content (AvgIpc) is 2.50. The Morgan fingerprint density at radius 2 is 2.13 bits per heavy atom. The molecule has 1 heterocycles. The molecule has 0 spiro atoms. The van der Waals surface area contributed by atoms with Gasteiger partial charge in [0.15, 0.2) is 0 Å². The molecule has 2 rings (SSSR count). The van der Waals surface area contributed by atoms with Crippen molar-refractivity contribution >= 4 is 23.1 Å². The molecule has 0 aromatic heterocycles. The number of halogens is 1. The predicted molar refractivity (Wildman–Crippen MR) is 65.0 cm³/mol. The summed E-state index contributed by atoms with van der Waals surface area (Å²) >= 11 is 1.95. The third-order valence-electron chi connectivity index (χ3n) is 2.59. The molecule has 0 amide bonds. The van der Waals surface area contributed by atoms with Crippen LogP contribution in [0.25, 0.3) is 0 Å². The molecule has 1 aliphatic heterocycles. The van der Waals surface area contributed by atoms with Crippen LogP contribution in [0.1, 0.15) is 6.42 Å². The monoisotopic (exact) mass is 226 g/mol. The van der Waals surface area contributed by atoms with Crippen molar-refractivity contribution in [3.63, 3.8) is 0 Å². The van der Waals surface area contributed by atoms with E-state index in [1.54, 1.807) is 6.07 Å². The van der Waals surface area contributed by atoms with Gasteiger partial charge in [-0.25, -0.2) is 4.39 Å². The average molecular weight is 226 g/mol. The van der Waals surface area contributed by atoms with Crippen LogP contribution in [0.2, 0.25) is 0 Å². The number of nitrogen functional groups attached to an aromatic ring is 1. The van der Waals surface area contributed by atoms with Gasteiger partial charge in [0, 0.05) is 18.8 Å². The molecule has 1 fully saturated rings. The van der Waals surface area contributed by atoms with Crippen molar-refractivity contribution in [2.75, 3.05) is 35.2 Å². The first-order valence-corrected chi connectivity index (χ1v) is 6.31. The minimum Gasteiger partial charge on any atom is -0.395 e. The van der Waals surface area contributed by atoms with Crippen molar-refractivity contribution in [3.05, 3.63) is 24.0 Å². The maximum Gasteiger partial charge on any atom is 0.148 e. The number of thioether (sulfide) groups is 1. The Balaban J connectivity index is 2.23. The zero-order valence-electron chi connectivity index (χ0n) is 8.58. The van der Waals surface area contributed by atoms with Gasteiger partial charge in [-0.3, -0.25) is 0 Å². The fourth-order valence-electron chi connectivity index (χ4n) is 1.79. The first-order chi connectivity index (χ1) is 7.29. The molecular weight excluding hydrogens is 211 g/mol. The number of nitrogens with two attached hydrogens (primary N) is 1. The maximum absolute atomic E-state index is 13.3. The summed E-state index contributed by atoms with van der Waals surface area (Å²) in [5, 5.41) is 0. The largest absolute Gasteiger partial charge is 0.395 e. The number of anilines is 2. The Labute approximate surface area is 93.6 Å². The number of rotatable bonds is 1. The summed E-state index contributed by atoms with van der Waals surface area (Å²) in [6.45, 7) is 1.93. The van der Waals surface area contributed by atoms with Crippen LogP contribution in [0.3, 0.4) is 0 Å². The van der Waals surface area contributed by atoms with Crippen molar-refractivity contribution in [1.29, 1.82) is 0 Å². The molecule has 1 aromatic rings. The highest BCUT2D eigenvalue weighted by Crippen LogP contribution is 2.27. The van der Waals surface area contributed by atoms with Crippen molar-refractivity contribution < 1.29 is 4.39 Å². The first-order valence-electron chi connectivity index (χ1n) is 5.16. The van der Waals surface area contributed by atoms with Crippen LogP contribution in [0.4, 0.5) is 15.8 Å². The van der Waals surface area contributed by atoms with Gasteiger partial charge in [0.2, 0.25) is 0 Å². The Hall–Kier alpha value is -0.900. The van der Waals surface area contributed by atoms with Gasteiger partial charge in [0.1, 0.15) is 5.82 Å². The van der Waals surface area contributed by atoms with Crippen molar-refractivity contribution in [2.45, 2.75) is 6.42 Å². The predicted octanol–water partition coefficient (Wildman–Crippen LogP) is 2.35. The van der Waals surface area contributed by atoms with Crippen LogP contribution >= 0.6 is 11.8 Å². The van der Waals surface area contributed by atoms with Gasteiger partial charge in [0.25, 0.3) is 0 Å².